The van der Waals surface area contributed by atoms with E-state index in [0.717, 1.165) is 18.4 Å². The van der Waals surface area contributed by atoms with Crippen molar-refractivity contribution >= 4 is 15.9 Å². The molecule has 3 aromatic rings. The fraction of sp³-hybridized carbons (Fsp3) is 0.231. The lowest BCUT2D eigenvalue weighted by Gasteiger charge is -2.34. The first-order valence-electron chi connectivity index (χ1n) is 10.9. The molecular weight excluding hydrogens is 434 g/mol. The molecule has 6 nitrogen and oxygen atoms in total. The summed E-state index contributed by atoms with van der Waals surface area (Å²) in [6, 6.07) is 25.7. The first kappa shape index (κ1) is 22.7. The molecule has 0 N–H and O–H groups in total. The molecule has 7 heteroatoms. The Balaban J connectivity index is 1.42. The maximum Gasteiger partial charge on any atom is 0.254 e. The van der Waals surface area contributed by atoms with Crippen LogP contribution in [0.3, 0.4) is 0 Å². The summed E-state index contributed by atoms with van der Waals surface area (Å²) in [4.78, 5) is 15.1. The number of aryl methyl sites for hydroxylation is 2. The van der Waals surface area contributed by atoms with Crippen LogP contribution in [0, 0.1) is 11.3 Å². The van der Waals surface area contributed by atoms with E-state index in [1.807, 2.05) is 48.5 Å². The van der Waals surface area contributed by atoms with Crippen molar-refractivity contribution in [3.8, 4) is 6.07 Å². The quantitative estimate of drug-likeness (QED) is 0.565. The number of amides is 1. The van der Waals surface area contributed by atoms with Crippen LogP contribution in [0.15, 0.2) is 83.8 Å². The number of carbonyl (C=O) groups excluding carboxylic acids is 1. The zero-order chi connectivity index (χ0) is 23.3. The van der Waals surface area contributed by atoms with Crippen molar-refractivity contribution in [1.82, 2.24) is 9.21 Å². The third-order valence-corrected chi connectivity index (χ3v) is 7.83. The number of sulfonamides is 1. The van der Waals surface area contributed by atoms with Crippen LogP contribution < -0.4 is 0 Å². The van der Waals surface area contributed by atoms with Gasteiger partial charge in [0, 0.05) is 31.7 Å². The van der Waals surface area contributed by atoms with Crippen LogP contribution in [-0.4, -0.2) is 49.7 Å². The second-order valence-corrected chi connectivity index (χ2v) is 9.91. The van der Waals surface area contributed by atoms with Crippen LogP contribution in [0.1, 0.15) is 27.0 Å². The molecule has 3 aromatic carbocycles. The van der Waals surface area contributed by atoms with E-state index in [2.05, 4.69) is 12.1 Å². The smallest absolute Gasteiger partial charge is 0.254 e. The van der Waals surface area contributed by atoms with E-state index in [4.69, 9.17) is 5.26 Å². The zero-order valence-electron chi connectivity index (χ0n) is 18.2. The predicted molar refractivity (Wildman–Crippen MR) is 126 cm³/mol. The molecule has 1 heterocycles. The molecule has 0 radical (unpaired) electrons. The highest BCUT2D eigenvalue weighted by Gasteiger charge is 2.30. The molecule has 1 aliphatic rings. The van der Waals surface area contributed by atoms with Crippen LogP contribution in [0.5, 0.6) is 0 Å². The maximum absolute atomic E-state index is 13.3. The number of benzene rings is 3. The van der Waals surface area contributed by atoms with Crippen LogP contribution in [-0.2, 0) is 22.9 Å². The Bertz CT molecular complexity index is 1260. The van der Waals surface area contributed by atoms with E-state index in [-0.39, 0.29) is 23.9 Å². The summed E-state index contributed by atoms with van der Waals surface area (Å²) < 4.78 is 27.3. The van der Waals surface area contributed by atoms with Gasteiger partial charge in [-0.3, -0.25) is 4.79 Å². The van der Waals surface area contributed by atoms with Crippen molar-refractivity contribution in [3.63, 3.8) is 0 Å². The minimum Gasteiger partial charge on any atom is -0.336 e. The molecule has 0 bridgehead atoms. The van der Waals surface area contributed by atoms with Gasteiger partial charge in [-0.1, -0.05) is 48.5 Å². The molecule has 4 rings (SSSR count). The Morgan fingerprint density at radius 1 is 0.818 bits per heavy atom. The summed E-state index contributed by atoms with van der Waals surface area (Å²) in [6.45, 7) is 1.14. The first-order chi connectivity index (χ1) is 16.0. The topological polar surface area (TPSA) is 81.5 Å². The van der Waals surface area contributed by atoms with E-state index in [1.54, 1.807) is 4.90 Å². The average molecular weight is 460 g/mol. The number of piperazine rings is 1. The van der Waals surface area contributed by atoms with Crippen LogP contribution in [0.25, 0.3) is 0 Å². The van der Waals surface area contributed by atoms with E-state index >= 15 is 0 Å². The van der Waals surface area contributed by atoms with Gasteiger partial charge in [-0.15, -0.1) is 0 Å². The summed E-state index contributed by atoms with van der Waals surface area (Å²) >= 11 is 0. The summed E-state index contributed by atoms with van der Waals surface area (Å²) in [5.41, 5.74) is 3.31. The van der Waals surface area contributed by atoms with Crippen molar-refractivity contribution < 1.29 is 13.2 Å². The molecule has 0 spiro atoms. The lowest BCUT2D eigenvalue weighted by Crippen LogP contribution is -2.50. The van der Waals surface area contributed by atoms with Gasteiger partial charge in [0.15, 0.2) is 0 Å². The van der Waals surface area contributed by atoms with Crippen molar-refractivity contribution in [3.05, 3.63) is 101 Å². The maximum atomic E-state index is 13.3. The molecule has 1 amide bonds. The fourth-order valence-corrected chi connectivity index (χ4v) is 5.45. The number of rotatable bonds is 6. The third-order valence-electron chi connectivity index (χ3n) is 5.92. The normalized spacial score (nSPS) is 14.6. The van der Waals surface area contributed by atoms with Gasteiger partial charge in [0.25, 0.3) is 5.91 Å². The monoisotopic (exact) mass is 459 g/mol. The van der Waals surface area contributed by atoms with E-state index < -0.39 is 10.0 Å². The standard InChI is InChI=1S/C26H25N3O3S/c27-20-22-11-14-24(15-12-22)33(31,32)29-18-16-28(17-19-29)26(30)25-9-5-4-8-23(25)13-10-21-6-2-1-3-7-21/h1-9,11-12,14-15H,10,13,16-19H2. The summed E-state index contributed by atoms with van der Waals surface area (Å²) in [5.74, 6) is -0.0610. The van der Waals surface area contributed by atoms with E-state index in [0.29, 0.717) is 24.2 Å². The molecule has 0 aliphatic carbocycles. The number of nitrogens with zero attached hydrogens (tertiary/aromatic N) is 3. The van der Waals surface area contributed by atoms with E-state index in [9.17, 15) is 13.2 Å². The highest BCUT2D eigenvalue weighted by molar-refractivity contribution is 7.89. The van der Waals surface area contributed by atoms with Crippen LogP contribution in [0.4, 0.5) is 0 Å². The van der Waals surface area contributed by atoms with Gasteiger partial charge in [0.2, 0.25) is 10.0 Å². The molecule has 0 saturated carbocycles. The van der Waals surface area contributed by atoms with Crippen LogP contribution >= 0.6 is 0 Å². The molecule has 33 heavy (non-hydrogen) atoms. The number of hydrogen-bond donors (Lipinski definition) is 0. The number of carbonyl (C=O) groups is 1. The highest BCUT2D eigenvalue weighted by atomic mass is 32.2. The summed E-state index contributed by atoms with van der Waals surface area (Å²) in [5, 5.41) is 8.92. The van der Waals surface area contributed by atoms with Gasteiger partial charge in [0.1, 0.15) is 0 Å². The van der Waals surface area contributed by atoms with Crippen LogP contribution in [0.2, 0.25) is 0 Å². The summed E-state index contributed by atoms with van der Waals surface area (Å²) in [7, 11) is -3.66. The van der Waals surface area contributed by atoms with Gasteiger partial charge in [-0.05, 0) is 54.3 Å². The molecule has 1 aliphatic heterocycles. The number of hydrogen-bond acceptors (Lipinski definition) is 4. The summed E-state index contributed by atoms with van der Waals surface area (Å²) in [6.07, 6.45) is 1.61. The average Bonchev–Trinajstić information content (AvgIpc) is 2.88. The van der Waals surface area contributed by atoms with E-state index in [1.165, 1.54) is 34.1 Å². The molecule has 0 unspecified atom stereocenters. The Hall–Kier alpha value is -3.47. The third kappa shape index (κ3) is 5.14. The molecule has 0 aromatic heterocycles. The zero-order valence-corrected chi connectivity index (χ0v) is 19.0. The Kier molecular flexibility index (Phi) is 6.87. The highest BCUT2D eigenvalue weighted by Crippen LogP contribution is 2.20. The molecule has 1 fully saturated rings. The van der Waals surface area contributed by atoms with Crippen molar-refractivity contribution in [2.24, 2.45) is 0 Å². The minimum absolute atomic E-state index is 0.0610. The number of nitriles is 1. The molecule has 1 saturated heterocycles. The predicted octanol–water partition coefficient (Wildman–Crippen LogP) is 3.49. The molecule has 168 valence electrons. The second kappa shape index (κ2) is 9.99. The van der Waals surface area contributed by atoms with Crippen molar-refractivity contribution in [2.45, 2.75) is 17.7 Å². The first-order valence-corrected chi connectivity index (χ1v) is 12.3. The second-order valence-electron chi connectivity index (χ2n) is 7.98. The van der Waals surface area contributed by atoms with Crippen molar-refractivity contribution in [1.29, 1.82) is 5.26 Å². The van der Waals surface area contributed by atoms with Gasteiger partial charge in [-0.25, -0.2) is 8.42 Å². The fourth-order valence-electron chi connectivity index (χ4n) is 4.02. The Labute approximate surface area is 194 Å². The van der Waals surface area contributed by atoms with Gasteiger partial charge >= 0.3 is 0 Å². The van der Waals surface area contributed by atoms with Gasteiger partial charge < -0.3 is 4.90 Å². The lowest BCUT2D eigenvalue weighted by atomic mass is 9.99. The largest absolute Gasteiger partial charge is 0.336 e. The molecular formula is C26H25N3O3S. The van der Waals surface area contributed by atoms with Gasteiger partial charge in [-0.2, -0.15) is 9.57 Å². The minimum atomic E-state index is -3.66. The van der Waals surface area contributed by atoms with Crippen molar-refractivity contribution in [2.75, 3.05) is 26.2 Å². The Morgan fingerprint density at radius 3 is 2.12 bits per heavy atom. The lowest BCUT2D eigenvalue weighted by molar-refractivity contribution is 0.0696. The SMILES string of the molecule is N#Cc1ccc(S(=O)(=O)N2CCN(C(=O)c3ccccc3CCc3ccccc3)CC2)cc1. The Morgan fingerprint density at radius 2 is 1.45 bits per heavy atom. The molecule has 0 atom stereocenters. The van der Waals surface area contributed by atoms with Gasteiger partial charge in [0.05, 0.1) is 16.5 Å².